The highest BCUT2D eigenvalue weighted by atomic mass is 32.1. The molecular formula is C14H25NO3S. The summed E-state index contributed by atoms with van der Waals surface area (Å²) < 4.78 is 10.4. The molecule has 5 heteroatoms. The highest BCUT2D eigenvalue weighted by Crippen LogP contribution is 2.16. The van der Waals surface area contributed by atoms with Gasteiger partial charge in [-0.1, -0.05) is 6.92 Å². The molecule has 0 radical (unpaired) electrons. The molecule has 0 aliphatic heterocycles. The van der Waals surface area contributed by atoms with Gasteiger partial charge < -0.3 is 19.9 Å². The van der Waals surface area contributed by atoms with Crippen LogP contribution in [-0.2, 0) is 22.4 Å². The number of hydrogen-bond donors (Lipinski definition) is 2. The molecule has 2 unspecified atom stereocenters. The summed E-state index contributed by atoms with van der Waals surface area (Å²) in [5, 5.41) is 13.0. The van der Waals surface area contributed by atoms with Crippen molar-refractivity contribution in [2.75, 3.05) is 26.9 Å². The lowest BCUT2D eigenvalue weighted by molar-refractivity contribution is -0.0311. The van der Waals surface area contributed by atoms with E-state index in [1.807, 2.05) is 18.3 Å². The first-order valence-corrected chi connectivity index (χ1v) is 7.54. The first-order valence-electron chi connectivity index (χ1n) is 6.72. The van der Waals surface area contributed by atoms with Crippen LogP contribution in [0.2, 0.25) is 0 Å². The van der Waals surface area contributed by atoms with Crippen molar-refractivity contribution in [1.82, 2.24) is 5.32 Å². The topological polar surface area (TPSA) is 50.7 Å². The van der Waals surface area contributed by atoms with Crippen LogP contribution < -0.4 is 5.32 Å². The normalized spacial score (nSPS) is 14.5. The maximum atomic E-state index is 9.77. The zero-order chi connectivity index (χ0) is 14.1. The molecule has 0 aliphatic carbocycles. The van der Waals surface area contributed by atoms with E-state index in [9.17, 15) is 5.11 Å². The number of rotatable bonds is 10. The summed E-state index contributed by atoms with van der Waals surface area (Å²) in [4.78, 5) is 2.70. The Labute approximate surface area is 119 Å². The lowest BCUT2D eigenvalue weighted by Gasteiger charge is -2.16. The molecule has 1 aromatic rings. The average Bonchev–Trinajstić information content (AvgIpc) is 2.85. The molecular weight excluding hydrogens is 262 g/mol. The molecule has 0 amide bonds. The Morgan fingerprint density at radius 3 is 2.68 bits per heavy atom. The summed E-state index contributed by atoms with van der Waals surface area (Å²) in [5.74, 6) is 0. The van der Waals surface area contributed by atoms with Crippen LogP contribution in [0.4, 0.5) is 0 Å². The first kappa shape index (κ1) is 16.6. The second kappa shape index (κ2) is 9.44. The second-order valence-electron chi connectivity index (χ2n) is 4.61. The molecule has 19 heavy (non-hydrogen) atoms. The molecule has 0 aromatic carbocycles. The highest BCUT2D eigenvalue weighted by molar-refractivity contribution is 7.11. The monoisotopic (exact) mass is 287 g/mol. The standard InChI is InChI=1S/C14H25NO3S/c1-4-13-5-6-14(19-13)8-15-7-12(16)10-18-11(2)9-17-3/h5-6,11-12,15-16H,4,7-10H2,1-3H3. The van der Waals surface area contributed by atoms with Crippen molar-refractivity contribution in [2.24, 2.45) is 0 Å². The van der Waals surface area contributed by atoms with E-state index in [1.165, 1.54) is 9.75 Å². The number of nitrogens with one attached hydrogen (secondary N) is 1. The van der Waals surface area contributed by atoms with Crippen molar-refractivity contribution in [3.8, 4) is 0 Å². The Morgan fingerprint density at radius 1 is 1.32 bits per heavy atom. The van der Waals surface area contributed by atoms with Gasteiger partial charge in [0.15, 0.2) is 0 Å². The van der Waals surface area contributed by atoms with Crippen LogP contribution in [0.15, 0.2) is 12.1 Å². The van der Waals surface area contributed by atoms with Gasteiger partial charge in [0.05, 0.1) is 25.4 Å². The number of aliphatic hydroxyl groups excluding tert-OH is 1. The smallest absolute Gasteiger partial charge is 0.0897 e. The second-order valence-corrected chi connectivity index (χ2v) is 5.86. The van der Waals surface area contributed by atoms with Crippen molar-refractivity contribution in [3.05, 3.63) is 21.9 Å². The minimum absolute atomic E-state index is 0.0176. The van der Waals surface area contributed by atoms with Gasteiger partial charge >= 0.3 is 0 Å². The van der Waals surface area contributed by atoms with Gasteiger partial charge in [0.1, 0.15) is 0 Å². The lowest BCUT2D eigenvalue weighted by Crippen LogP contribution is -2.32. The van der Waals surface area contributed by atoms with Gasteiger partial charge in [-0.2, -0.15) is 0 Å². The first-order chi connectivity index (χ1) is 9.15. The third-order valence-corrected chi connectivity index (χ3v) is 3.95. The maximum absolute atomic E-state index is 9.77. The molecule has 1 heterocycles. The summed E-state index contributed by atoms with van der Waals surface area (Å²) in [5.41, 5.74) is 0. The van der Waals surface area contributed by atoms with Crippen LogP contribution in [0, 0.1) is 0 Å². The predicted octanol–water partition coefficient (Wildman–Crippen LogP) is 1.81. The van der Waals surface area contributed by atoms with Gasteiger partial charge in [0, 0.05) is 30.0 Å². The maximum Gasteiger partial charge on any atom is 0.0897 e. The zero-order valence-corrected chi connectivity index (χ0v) is 12.8. The summed E-state index contributed by atoms with van der Waals surface area (Å²) in [6.45, 7) is 6.32. The third kappa shape index (κ3) is 7.03. The quantitative estimate of drug-likeness (QED) is 0.689. The Morgan fingerprint density at radius 2 is 2.05 bits per heavy atom. The molecule has 2 atom stereocenters. The summed E-state index contributed by atoms with van der Waals surface area (Å²) in [6.07, 6.45) is 0.618. The van der Waals surface area contributed by atoms with Crippen molar-refractivity contribution in [1.29, 1.82) is 0 Å². The van der Waals surface area contributed by atoms with Crippen molar-refractivity contribution in [2.45, 2.75) is 39.0 Å². The van der Waals surface area contributed by atoms with E-state index >= 15 is 0 Å². The SMILES string of the molecule is CCc1ccc(CNCC(O)COC(C)COC)s1. The molecule has 0 bridgehead atoms. The van der Waals surface area contributed by atoms with E-state index < -0.39 is 6.10 Å². The Hall–Kier alpha value is -0.460. The number of ether oxygens (including phenoxy) is 2. The van der Waals surface area contributed by atoms with E-state index in [2.05, 4.69) is 24.4 Å². The molecule has 0 saturated heterocycles. The summed E-state index contributed by atoms with van der Waals surface area (Å²) >= 11 is 1.82. The van der Waals surface area contributed by atoms with Crippen LogP contribution >= 0.6 is 11.3 Å². The zero-order valence-electron chi connectivity index (χ0n) is 12.0. The molecule has 1 rings (SSSR count). The van der Waals surface area contributed by atoms with E-state index in [-0.39, 0.29) is 6.10 Å². The predicted molar refractivity (Wildman–Crippen MR) is 78.7 cm³/mol. The molecule has 0 spiro atoms. The fourth-order valence-electron chi connectivity index (χ4n) is 1.69. The fourth-order valence-corrected chi connectivity index (χ4v) is 2.61. The van der Waals surface area contributed by atoms with Crippen LogP contribution in [0.1, 0.15) is 23.6 Å². The van der Waals surface area contributed by atoms with Crippen molar-refractivity contribution in [3.63, 3.8) is 0 Å². The van der Waals surface area contributed by atoms with Crippen LogP contribution in [0.25, 0.3) is 0 Å². The van der Waals surface area contributed by atoms with Gasteiger partial charge in [-0.15, -0.1) is 11.3 Å². The van der Waals surface area contributed by atoms with Gasteiger partial charge in [0.2, 0.25) is 0 Å². The lowest BCUT2D eigenvalue weighted by atomic mass is 10.3. The molecule has 2 N–H and O–H groups in total. The molecule has 0 fully saturated rings. The highest BCUT2D eigenvalue weighted by Gasteiger charge is 2.08. The van der Waals surface area contributed by atoms with Crippen LogP contribution in [0.3, 0.4) is 0 Å². The molecule has 4 nitrogen and oxygen atoms in total. The molecule has 110 valence electrons. The van der Waals surface area contributed by atoms with Crippen molar-refractivity contribution >= 4 is 11.3 Å². The fraction of sp³-hybridized carbons (Fsp3) is 0.714. The van der Waals surface area contributed by atoms with Gasteiger partial charge in [0.25, 0.3) is 0 Å². The van der Waals surface area contributed by atoms with E-state index in [0.717, 1.165) is 13.0 Å². The van der Waals surface area contributed by atoms with Crippen LogP contribution in [-0.4, -0.2) is 44.2 Å². The van der Waals surface area contributed by atoms with E-state index in [1.54, 1.807) is 7.11 Å². The molecule has 1 aromatic heterocycles. The average molecular weight is 287 g/mol. The Kier molecular flexibility index (Phi) is 8.25. The number of methoxy groups -OCH3 is 1. The molecule has 0 aliphatic rings. The molecule has 0 saturated carbocycles. The summed E-state index contributed by atoms with van der Waals surface area (Å²) in [6, 6.07) is 4.30. The van der Waals surface area contributed by atoms with E-state index in [0.29, 0.717) is 19.8 Å². The number of aliphatic hydroxyl groups is 1. The summed E-state index contributed by atoms with van der Waals surface area (Å²) in [7, 11) is 1.64. The Balaban J connectivity index is 2.11. The number of thiophene rings is 1. The largest absolute Gasteiger partial charge is 0.389 e. The van der Waals surface area contributed by atoms with Crippen LogP contribution in [0.5, 0.6) is 0 Å². The number of aryl methyl sites for hydroxylation is 1. The van der Waals surface area contributed by atoms with Crippen molar-refractivity contribution < 1.29 is 14.6 Å². The number of hydrogen-bond acceptors (Lipinski definition) is 5. The van der Waals surface area contributed by atoms with E-state index in [4.69, 9.17) is 9.47 Å². The van der Waals surface area contributed by atoms with Gasteiger partial charge in [-0.3, -0.25) is 0 Å². The van der Waals surface area contributed by atoms with Gasteiger partial charge in [-0.25, -0.2) is 0 Å². The third-order valence-electron chi connectivity index (χ3n) is 2.72. The van der Waals surface area contributed by atoms with Gasteiger partial charge in [-0.05, 0) is 25.5 Å². The Bertz CT molecular complexity index is 343. The minimum Gasteiger partial charge on any atom is -0.389 e. The minimum atomic E-state index is -0.482.